The zero-order valence-corrected chi connectivity index (χ0v) is 12.1. The Kier molecular flexibility index (Phi) is 2.84. The van der Waals surface area contributed by atoms with Gasteiger partial charge in [-0.15, -0.1) is 0 Å². The Balaban J connectivity index is 1.87. The number of hydrogen-bond donors (Lipinski definition) is 1. The average Bonchev–Trinajstić information content (AvgIpc) is 3.13. The Morgan fingerprint density at radius 3 is 2.65 bits per heavy atom. The van der Waals surface area contributed by atoms with Crippen molar-refractivity contribution in [2.24, 2.45) is 13.0 Å². The number of rotatable bonds is 3. The first-order valence-electron chi connectivity index (χ1n) is 7.00. The molecular formula is C14H20N4O2. The van der Waals surface area contributed by atoms with Gasteiger partial charge in [-0.05, 0) is 38.7 Å². The summed E-state index contributed by atoms with van der Waals surface area (Å²) in [4.78, 5) is 26.6. The van der Waals surface area contributed by atoms with Crippen LogP contribution in [0.4, 0.5) is 0 Å². The van der Waals surface area contributed by atoms with Crippen molar-refractivity contribution >= 4 is 11.8 Å². The van der Waals surface area contributed by atoms with Gasteiger partial charge >= 0.3 is 0 Å². The predicted octanol–water partition coefficient (Wildman–Crippen LogP) is 0.436. The van der Waals surface area contributed by atoms with E-state index in [4.69, 9.17) is 0 Å². The lowest BCUT2D eigenvalue weighted by Crippen LogP contribution is -2.68. The van der Waals surface area contributed by atoms with Gasteiger partial charge in [-0.1, -0.05) is 0 Å². The zero-order valence-electron chi connectivity index (χ0n) is 12.1. The first kappa shape index (κ1) is 13.1. The summed E-state index contributed by atoms with van der Waals surface area (Å²) >= 11 is 0. The van der Waals surface area contributed by atoms with Gasteiger partial charge in [-0.3, -0.25) is 14.3 Å². The molecule has 0 bridgehead atoms. The highest BCUT2D eigenvalue weighted by atomic mass is 16.2. The molecule has 1 aromatic rings. The third-order valence-electron chi connectivity index (χ3n) is 4.23. The van der Waals surface area contributed by atoms with Crippen LogP contribution in [0.25, 0.3) is 0 Å². The number of nitrogens with zero attached hydrogens (tertiary/aromatic N) is 3. The summed E-state index contributed by atoms with van der Waals surface area (Å²) in [6.07, 6.45) is 3.89. The number of aromatic nitrogens is 2. The molecule has 1 aromatic heterocycles. The van der Waals surface area contributed by atoms with Crippen LogP contribution in [0, 0.1) is 5.92 Å². The maximum absolute atomic E-state index is 12.7. The van der Waals surface area contributed by atoms with Gasteiger partial charge in [0.05, 0.1) is 12.2 Å². The summed E-state index contributed by atoms with van der Waals surface area (Å²) in [5, 5.41) is 7.19. The third kappa shape index (κ3) is 2.09. The largest absolute Gasteiger partial charge is 0.342 e. The van der Waals surface area contributed by atoms with Crippen LogP contribution in [0.2, 0.25) is 0 Å². The van der Waals surface area contributed by atoms with Crippen molar-refractivity contribution in [3.63, 3.8) is 0 Å². The number of hydrogen-bond acceptors (Lipinski definition) is 3. The fourth-order valence-corrected chi connectivity index (χ4v) is 2.68. The van der Waals surface area contributed by atoms with Gasteiger partial charge in [-0.2, -0.15) is 5.10 Å². The molecule has 2 heterocycles. The molecular weight excluding hydrogens is 256 g/mol. The summed E-state index contributed by atoms with van der Waals surface area (Å²) in [5.41, 5.74) is -0.0295. The van der Waals surface area contributed by atoms with Crippen molar-refractivity contribution in [3.8, 4) is 0 Å². The van der Waals surface area contributed by atoms with Gasteiger partial charge in [0.2, 0.25) is 11.8 Å². The van der Waals surface area contributed by atoms with Crippen LogP contribution >= 0.6 is 0 Å². The second kappa shape index (κ2) is 4.33. The summed E-state index contributed by atoms with van der Waals surface area (Å²) in [7, 11) is 1.84. The normalized spacial score (nSPS) is 25.8. The second-order valence-electron chi connectivity index (χ2n) is 6.25. The molecule has 0 radical (unpaired) electrons. The van der Waals surface area contributed by atoms with Crippen molar-refractivity contribution in [3.05, 3.63) is 18.0 Å². The van der Waals surface area contributed by atoms with Crippen LogP contribution in [0.1, 0.15) is 32.4 Å². The minimum absolute atomic E-state index is 0.0164. The highest BCUT2D eigenvalue weighted by molar-refractivity contribution is 5.99. The maximum Gasteiger partial charge on any atom is 0.246 e. The molecule has 0 spiro atoms. The van der Waals surface area contributed by atoms with E-state index in [1.807, 2.05) is 19.3 Å². The molecule has 1 saturated carbocycles. The average molecular weight is 276 g/mol. The lowest BCUT2D eigenvalue weighted by molar-refractivity contribution is -0.156. The molecule has 1 saturated heterocycles. The first-order chi connectivity index (χ1) is 9.39. The molecule has 6 nitrogen and oxygen atoms in total. The van der Waals surface area contributed by atoms with Crippen LogP contribution in [0.3, 0.4) is 0 Å². The third-order valence-corrected chi connectivity index (χ3v) is 4.23. The van der Waals surface area contributed by atoms with Crippen molar-refractivity contribution in [1.29, 1.82) is 0 Å². The van der Waals surface area contributed by atoms with Gasteiger partial charge in [0, 0.05) is 13.2 Å². The summed E-state index contributed by atoms with van der Waals surface area (Å²) in [5.74, 6) is 0.251. The molecule has 2 fully saturated rings. The topological polar surface area (TPSA) is 67.2 Å². The fraction of sp³-hybridized carbons (Fsp3) is 0.643. The van der Waals surface area contributed by atoms with E-state index in [0.717, 1.165) is 18.5 Å². The van der Waals surface area contributed by atoms with Crippen LogP contribution in [-0.2, 0) is 23.2 Å². The Hall–Kier alpha value is -1.85. The number of carbonyl (C=O) groups excluding carboxylic acids is 2. The van der Waals surface area contributed by atoms with E-state index in [0.29, 0.717) is 12.5 Å². The first-order valence-corrected chi connectivity index (χ1v) is 7.00. The van der Waals surface area contributed by atoms with Crippen LogP contribution in [0.15, 0.2) is 12.3 Å². The number of piperazine rings is 1. The van der Waals surface area contributed by atoms with Crippen molar-refractivity contribution in [1.82, 2.24) is 20.0 Å². The molecule has 1 aliphatic carbocycles. The lowest BCUT2D eigenvalue weighted by atomic mass is 9.93. The Morgan fingerprint density at radius 1 is 1.40 bits per heavy atom. The standard InChI is InChI=1S/C14H20N4O2/c1-14(2)13(20)15-11(9-4-5-9)12(19)18(14)8-10-6-7-17(3)16-10/h6-7,9,11H,4-5,8H2,1-3H3,(H,15,20). The molecule has 108 valence electrons. The monoisotopic (exact) mass is 276 g/mol. The molecule has 20 heavy (non-hydrogen) atoms. The summed E-state index contributed by atoms with van der Waals surface area (Å²) < 4.78 is 1.70. The quantitative estimate of drug-likeness (QED) is 0.871. The van der Waals surface area contributed by atoms with Gasteiger partial charge in [0.25, 0.3) is 0 Å². The van der Waals surface area contributed by atoms with E-state index >= 15 is 0 Å². The summed E-state index contributed by atoms with van der Waals surface area (Å²) in [6, 6.07) is 1.53. The van der Waals surface area contributed by atoms with Crippen LogP contribution in [0.5, 0.6) is 0 Å². The molecule has 1 N–H and O–H groups in total. The van der Waals surface area contributed by atoms with E-state index in [-0.39, 0.29) is 17.9 Å². The lowest BCUT2D eigenvalue weighted by Gasteiger charge is -2.44. The van der Waals surface area contributed by atoms with E-state index < -0.39 is 5.54 Å². The molecule has 2 amide bonds. The molecule has 1 unspecified atom stereocenters. The maximum atomic E-state index is 12.7. The SMILES string of the molecule is Cn1ccc(CN2C(=O)C(C3CC3)NC(=O)C2(C)C)n1. The van der Waals surface area contributed by atoms with Crippen LogP contribution < -0.4 is 5.32 Å². The highest BCUT2D eigenvalue weighted by Gasteiger charge is 2.50. The van der Waals surface area contributed by atoms with E-state index in [1.165, 1.54) is 0 Å². The number of nitrogens with one attached hydrogen (secondary N) is 1. The number of carbonyl (C=O) groups is 2. The van der Waals surface area contributed by atoms with Crippen molar-refractivity contribution in [2.45, 2.75) is 44.8 Å². The van der Waals surface area contributed by atoms with Gasteiger partial charge < -0.3 is 10.2 Å². The Morgan fingerprint density at radius 2 is 2.10 bits per heavy atom. The molecule has 0 aromatic carbocycles. The van der Waals surface area contributed by atoms with E-state index in [2.05, 4.69) is 10.4 Å². The fourth-order valence-electron chi connectivity index (χ4n) is 2.68. The molecule has 1 atom stereocenters. The predicted molar refractivity (Wildman–Crippen MR) is 72.5 cm³/mol. The van der Waals surface area contributed by atoms with Gasteiger partial charge in [-0.25, -0.2) is 0 Å². The molecule has 2 aliphatic rings. The second-order valence-corrected chi connectivity index (χ2v) is 6.25. The van der Waals surface area contributed by atoms with Crippen molar-refractivity contribution in [2.75, 3.05) is 0 Å². The van der Waals surface area contributed by atoms with Gasteiger partial charge in [0.1, 0.15) is 11.6 Å². The van der Waals surface area contributed by atoms with E-state index in [1.54, 1.807) is 23.4 Å². The molecule has 1 aliphatic heterocycles. The molecule has 3 rings (SSSR count). The highest BCUT2D eigenvalue weighted by Crippen LogP contribution is 2.37. The smallest absolute Gasteiger partial charge is 0.246 e. The van der Waals surface area contributed by atoms with Crippen molar-refractivity contribution < 1.29 is 9.59 Å². The minimum Gasteiger partial charge on any atom is -0.342 e. The van der Waals surface area contributed by atoms with Gasteiger partial charge in [0.15, 0.2) is 0 Å². The Labute approximate surface area is 118 Å². The molecule has 6 heteroatoms. The van der Waals surface area contributed by atoms with E-state index in [9.17, 15) is 9.59 Å². The Bertz CT molecular complexity index is 559. The number of amides is 2. The zero-order chi connectivity index (χ0) is 14.5. The minimum atomic E-state index is -0.833. The van der Waals surface area contributed by atoms with Crippen LogP contribution in [-0.4, -0.2) is 38.1 Å². The number of aryl methyl sites for hydroxylation is 1. The summed E-state index contributed by atoms with van der Waals surface area (Å²) in [6.45, 7) is 3.95.